The van der Waals surface area contributed by atoms with Crippen LogP contribution in [0.5, 0.6) is 0 Å². The summed E-state index contributed by atoms with van der Waals surface area (Å²) >= 11 is 3.18. The van der Waals surface area contributed by atoms with Crippen LogP contribution in [0, 0.1) is 5.82 Å². The van der Waals surface area contributed by atoms with E-state index in [0.29, 0.717) is 15.6 Å². The first kappa shape index (κ1) is 9.48. The van der Waals surface area contributed by atoms with Gasteiger partial charge in [0.15, 0.2) is 5.82 Å². The third-order valence-electron chi connectivity index (χ3n) is 1.82. The zero-order valence-electron chi connectivity index (χ0n) is 7.04. The van der Waals surface area contributed by atoms with Crippen molar-refractivity contribution in [2.24, 2.45) is 0 Å². The van der Waals surface area contributed by atoms with Crippen molar-refractivity contribution >= 4 is 26.8 Å². The summed E-state index contributed by atoms with van der Waals surface area (Å²) < 4.78 is 13.9. The van der Waals surface area contributed by atoms with Gasteiger partial charge in [0.05, 0.1) is 12.3 Å². The van der Waals surface area contributed by atoms with Crippen molar-refractivity contribution in [1.82, 2.24) is 10.2 Å². The van der Waals surface area contributed by atoms with Gasteiger partial charge in [-0.3, -0.25) is 0 Å². The first-order valence-corrected chi connectivity index (χ1v) is 4.72. The second kappa shape index (κ2) is 3.59. The molecule has 2 aromatic rings. The number of nitrogens with zero attached hydrogens (tertiary/aromatic N) is 2. The number of aliphatic hydroxyl groups excluding tert-OH is 1. The van der Waals surface area contributed by atoms with Gasteiger partial charge in [0.25, 0.3) is 0 Å². The van der Waals surface area contributed by atoms with E-state index in [2.05, 4.69) is 26.1 Å². The number of halogens is 2. The first-order chi connectivity index (χ1) is 6.70. The summed E-state index contributed by atoms with van der Waals surface area (Å²) in [6.45, 7) is -0.197. The average molecular weight is 257 g/mol. The molecule has 0 spiro atoms. The molecule has 2 rings (SSSR count). The molecule has 1 aromatic heterocycles. The number of benzene rings is 1. The Bertz CT molecular complexity index is 489. The molecule has 5 heteroatoms. The fourth-order valence-corrected chi connectivity index (χ4v) is 1.65. The van der Waals surface area contributed by atoms with E-state index in [-0.39, 0.29) is 12.1 Å². The van der Waals surface area contributed by atoms with Gasteiger partial charge in [-0.05, 0) is 18.2 Å². The lowest BCUT2D eigenvalue weighted by Crippen LogP contribution is -1.94. The fourth-order valence-electron chi connectivity index (χ4n) is 1.20. The second-order valence-electron chi connectivity index (χ2n) is 2.82. The highest BCUT2D eigenvalue weighted by molar-refractivity contribution is 9.10. The molecule has 0 unspecified atom stereocenters. The summed E-state index contributed by atoms with van der Waals surface area (Å²) in [4.78, 5) is 0. The number of rotatable bonds is 1. The Morgan fingerprint density at radius 3 is 2.79 bits per heavy atom. The van der Waals surface area contributed by atoms with Crippen molar-refractivity contribution in [1.29, 1.82) is 0 Å². The minimum absolute atomic E-state index is 0.197. The maximum Gasteiger partial charge on any atom is 0.152 e. The Kier molecular flexibility index (Phi) is 2.43. The lowest BCUT2D eigenvalue weighted by molar-refractivity contribution is 0.275. The van der Waals surface area contributed by atoms with Gasteiger partial charge in [-0.25, -0.2) is 4.39 Å². The van der Waals surface area contributed by atoms with E-state index in [1.807, 2.05) is 0 Å². The molecule has 0 bridgehead atoms. The van der Waals surface area contributed by atoms with Gasteiger partial charge in [-0.1, -0.05) is 15.9 Å². The van der Waals surface area contributed by atoms with Crippen molar-refractivity contribution in [3.63, 3.8) is 0 Å². The second-order valence-corrected chi connectivity index (χ2v) is 3.73. The van der Waals surface area contributed by atoms with Crippen LogP contribution < -0.4 is 0 Å². The van der Waals surface area contributed by atoms with E-state index in [4.69, 9.17) is 5.11 Å². The predicted molar refractivity (Wildman–Crippen MR) is 53.1 cm³/mol. The standard InChI is InChI=1S/C9H6BrFN2O/c10-6-1-5-2-7(4-14)12-13-9(5)8(11)3-6/h1-3,14H,4H2. The predicted octanol–water partition coefficient (Wildman–Crippen LogP) is 2.02. The van der Waals surface area contributed by atoms with Crippen LogP contribution in [-0.2, 0) is 6.61 Å². The number of aliphatic hydroxyl groups is 1. The van der Waals surface area contributed by atoms with E-state index < -0.39 is 5.82 Å². The molecule has 0 aliphatic carbocycles. The first-order valence-electron chi connectivity index (χ1n) is 3.93. The minimum Gasteiger partial charge on any atom is -0.390 e. The third kappa shape index (κ3) is 1.60. The molecule has 0 saturated carbocycles. The van der Waals surface area contributed by atoms with Crippen LogP contribution in [0.4, 0.5) is 4.39 Å². The number of hydrogen-bond acceptors (Lipinski definition) is 3. The zero-order chi connectivity index (χ0) is 10.1. The Morgan fingerprint density at radius 2 is 2.07 bits per heavy atom. The molecule has 0 fully saturated rings. The molecule has 14 heavy (non-hydrogen) atoms. The van der Waals surface area contributed by atoms with Crippen LogP contribution >= 0.6 is 15.9 Å². The monoisotopic (exact) mass is 256 g/mol. The van der Waals surface area contributed by atoms with E-state index in [0.717, 1.165) is 0 Å². The molecular weight excluding hydrogens is 251 g/mol. The van der Waals surface area contributed by atoms with Crippen molar-refractivity contribution in [2.45, 2.75) is 6.61 Å². The van der Waals surface area contributed by atoms with Crippen molar-refractivity contribution in [3.8, 4) is 0 Å². The zero-order valence-corrected chi connectivity index (χ0v) is 8.62. The van der Waals surface area contributed by atoms with Crippen molar-refractivity contribution in [3.05, 3.63) is 34.2 Å². The molecule has 1 aromatic carbocycles. The maximum atomic E-state index is 13.3. The van der Waals surface area contributed by atoms with Gasteiger partial charge in [-0.15, -0.1) is 5.10 Å². The third-order valence-corrected chi connectivity index (χ3v) is 2.28. The molecule has 1 N–H and O–H groups in total. The maximum absolute atomic E-state index is 13.3. The van der Waals surface area contributed by atoms with Crippen LogP contribution in [0.15, 0.2) is 22.7 Å². The summed E-state index contributed by atoms with van der Waals surface area (Å²) in [5.41, 5.74) is 0.639. The minimum atomic E-state index is -0.425. The van der Waals surface area contributed by atoms with E-state index in [9.17, 15) is 4.39 Å². The van der Waals surface area contributed by atoms with Crippen molar-refractivity contribution in [2.75, 3.05) is 0 Å². The summed E-state index contributed by atoms with van der Waals surface area (Å²) in [7, 11) is 0. The van der Waals surface area contributed by atoms with E-state index in [1.165, 1.54) is 6.07 Å². The van der Waals surface area contributed by atoms with Gasteiger partial charge in [0.1, 0.15) is 5.52 Å². The molecule has 0 saturated heterocycles. The lowest BCUT2D eigenvalue weighted by Gasteiger charge is -2.00. The summed E-state index contributed by atoms with van der Waals surface area (Å²) in [5, 5.41) is 16.8. The average Bonchev–Trinajstić information content (AvgIpc) is 2.16. The Morgan fingerprint density at radius 1 is 1.29 bits per heavy atom. The Labute approximate surface area is 87.7 Å². The largest absolute Gasteiger partial charge is 0.390 e. The van der Waals surface area contributed by atoms with Gasteiger partial charge in [0, 0.05) is 9.86 Å². The van der Waals surface area contributed by atoms with Gasteiger partial charge in [-0.2, -0.15) is 5.10 Å². The van der Waals surface area contributed by atoms with Gasteiger partial charge >= 0.3 is 0 Å². The van der Waals surface area contributed by atoms with Gasteiger partial charge < -0.3 is 5.11 Å². The molecule has 1 heterocycles. The molecule has 0 aliphatic rings. The SMILES string of the molecule is OCc1cc2cc(Br)cc(F)c2nn1. The van der Waals surface area contributed by atoms with Crippen LogP contribution in [-0.4, -0.2) is 15.3 Å². The number of hydrogen-bond donors (Lipinski definition) is 1. The Balaban J connectivity index is 2.75. The van der Waals surface area contributed by atoms with E-state index in [1.54, 1.807) is 12.1 Å². The highest BCUT2D eigenvalue weighted by Crippen LogP contribution is 2.21. The number of aromatic nitrogens is 2. The van der Waals surface area contributed by atoms with Gasteiger partial charge in [0.2, 0.25) is 0 Å². The normalized spacial score (nSPS) is 10.8. The van der Waals surface area contributed by atoms with Crippen LogP contribution in [0.1, 0.15) is 5.69 Å². The van der Waals surface area contributed by atoms with Crippen LogP contribution in [0.2, 0.25) is 0 Å². The summed E-state index contributed by atoms with van der Waals surface area (Å²) in [6, 6.07) is 4.66. The lowest BCUT2D eigenvalue weighted by atomic mass is 10.2. The Hall–Kier alpha value is -1.07. The fraction of sp³-hybridized carbons (Fsp3) is 0.111. The topological polar surface area (TPSA) is 46.0 Å². The number of fused-ring (bicyclic) bond motifs is 1. The smallest absolute Gasteiger partial charge is 0.152 e. The highest BCUT2D eigenvalue weighted by Gasteiger charge is 2.05. The van der Waals surface area contributed by atoms with E-state index >= 15 is 0 Å². The summed E-state index contributed by atoms with van der Waals surface area (Å²) in [5.74, 6) is -0.425. The molecular formula is C9H6BrFN2O. The molecule has 0 amide bonds. The summed E-state index contributed by atoms with van der Waals surface area (Å²) in [6.07, 6.45) is 0. The van der Waals surface area contributed by atoms with Crippen molar-refractivity contribution < 1.29 is 9.50 Å². The molecule has 0 radical (unpaired) electrons. The molecule has 0 aliphatic heterocycles. The molecule has 3 nitrogen and oxygen atoms in total. The quantitative estimate of drug-likeness (QED) is 0.850. The van der Waals surface area contributed by atoms with Crippen LogP contribution in [0.3, 0.4) is 0 Å². The highest BCUT2D eigenvalue weighted by atomic mass is 79.9. The molecule has 0 atom stereocenters. The van der Waals surface area contributed by atoms with Crippen LogP contribution in [0.25, 0.3) is 10.9 Å². The molecule has 72 valence electrons.